The highest BCUT2D eigenvalue weighted by Gasteiger charge is 2.00. The van der Waals surface area contributed by atoms with Crippen LogP contribution >= 0.6 is 0 Å². The average Bonchev–Trinajstić information content (AvgIpc) is 2.20. The van der Waals surface area contributed by atoms with Gasteiger partial charge in [-0.15, -0.1) is 0 Å². The van der Waals surface area contributed by atoms with Crippen LogP contribution in [0.5, 0.6) is 5.75 Å². The Bertz CT molecular complexity index is 286. The Kier molecular flexibility index (Phi) is 4.36. The quantitative estimate of drug-likeness (QED) is 0.325. The van der Waals surface area contributed by atoms with Crippen LogP contribution < -0.4 is 27.1 Å². The smallest absolute Gasteiger partial charge is 0.142 e. The number of ether oxygens (including phenoxy) is 1. The molecule has 0 aromatic heterocycles. The summed E-state index contributed by atoms with van der Waals surface area (Å²) in [5.74, 6) is 5.99. The molecule has 1 unspecified atom stereocenters. The van der Waals surface area contributed by atoms with Crippen molar-refractivity contribution in [3.63, 3.8) is 0 Å². The van der Waals surface area contributed by atoms with Gasteiger partial charge in [0.25, 0.3) is 0 Å². The second-order valence-corrected chi connectivity index (χ2v) is 3.48. The molecule has 0 aliphatic rings. The maximum atomic E-state index is 5.55. The zero-order chi connectivity index (χ0) is 11.3. The standard InChI is InChI=1S/C10H18N4O/c1-7(2)15-9-5-3-8(4-6-9)13-10(11)14-12/h3-7,10,13-14H,11-12H2,1-2H3. The molecular formula is C10H18N4O. The number of benzene rings is 1. The van der Waals surface area contributed by atoms with E-state index in [0.717, 1.165) is 11.4 Å². The number of nitrogens with one attached hydrogen (secondary N) is 2. The Morgan fingerprint density at radius 1 is 1.20 bits per heavy atom. The van der Waals surface area contributed by atoms with E-state index in [1.54, 1.807) is 0 Å². The molecule has 15 heavy (non-hydrogen) atoms. The van der Waals surface area contributed by atoms with E-state index in [4.69, 9.17) is 16.3 Å². The van der Waals surface area contributed by atoms with Gasteiger partial charge < -0.3 is 10.1 Å². The van der Waals surface area contributed by atoms with Gasteiger partial charge in [-0.2, -0.15) is 0 Å². The molecule has 5 heteroatoms. The molecule has 0 heterocycles. The fourth-order valence-electron chi connectivity index (χ4n) is 1.12. The highest BCUT2D eigenvalue weighted by Crippen LogP contribution is 2.16. The predicted octanol–water partition coefficient (Wildman–Crippen LogP) is 0.591. The van der Waals surface area contributed by atoms with Gasteiger partial charge in [0.15, 0.2) is 0 Å². The van der Waals surface area contributed by atoms with E-state index in [-0.39, 0.29) is 6.10 Å². The van der Waals surface area contributed by atoms with Gasteiger partial charge in [-0.1, -0.05) is 0 Å². The maximum Gasteiger partial charge on any atom is 0.142 e. The van der Waals surface area contributed by atoms with Crippen LogP contribution in [0.2, 0.25) is 0 Å². The molecule has 0 aliphatic carbocycles. The molecule has 1 rings (SSSR count). The first-order valence-corrected chi connectivity index (χ1v) is 4.87. The van der Waals surface area contributed by atoms with E-state index in [9.17, 15) is 0 Å². The number of nitrogens with two attached hydrogens (primary N) is 2. The first-order valence-electron chi connectivity index (χ1n) is 4.87. The van der Waals surface area contributed by atoms with E-state index in [1.807, 2.05) is 38.1 Å². The largest absolute Gasteiger partial charge is 0.491 e. The monoisotopic (exact) mass is 210 g/mol. The molecule has 84 valence electrons. The first-order chi connectivity index (χ1) is 7.11. The highest BCUT2D eigenvalue weighted by molar-refractivity contribution is 5.46. The third-order valence-corrected chi connectivity index (χ3v) is 1.73. The molecule has 0 spiro atoms. The zero-order valence-corrected chi connectivity index (χ0v) is 9.03. The lowest BCUT2D eigenvalue weighted by atomic mass is 10.3. The SMILES string of the molecule is CC(C)Oc1ccc(NC(N)NN)cc1. The third-order valence-electron chi connectivity index (χ3n) is 1.73. The second-order valence-electron chi connectivity index (χ2n) is 3.48. The number of anilines is 1. The summed E-state index contributed by atoms with van der Waals surface area (Å²) >= 11 is 0. The van der Waals surface area contributed by atoms with Gasteiger partial charge >= 0.3 is 0 Å². The van der Waals surface area contributed by atoms with Crippen LogP contribution in [0.4, 0.5) is 5.69 Å². The van der Waals surface area contributed by atoms with Gasteiger partial charge in [-0.3, -0.25) is 11.6 Å². The Balaban J connectivity index is 2.56. The summed E-state index contributed by atoms with van der Waals surface area (Å²) in [5, 5.41) is 2.96. The molecule has 1 aromatic rings. The van der Waals surface area contributed by atoms with Crippen LogP contribution in [0.25, 0.3) is 0 Å². The number of rotatable bonds is 5. The minimum Gasteiger partial charge on any atom is -0.491 e. The molecule has 0 aliphatic heterocycles. The maximum absolute atomic E-state index is 5.55. The molecule has 6 N–H and O–H groups in total. The lowest BCUT2D eigenvalue weighted by Gasteiger charge is -2.14. The minimum atomic E-state index is -0.457. The molecule has 0 amide bonds. The predicted molar refractivity (Wildman–Crippen MR) is 61.1 cm³/mol. The Labute approximate surface area is 89.8 Å². The van der Waals surface area contributed by atoms with Gasteiger partial charge in [-0.25, -0.2) is 5.43 Å². The average molecular weight is 210 g/mol. The number of hydrazine groups is 1. The molecule has 5 nitrogen and oxygen atoms in total. The van der Waals surface area contributed by atoms with E-state index >= 15 is 0 Å². The normalized spacial score (nSPS) is 12.6. The van der Waals surface area contributed by atoms with Crippen LogP contribution in [0.3, 0.4) is 0 Å². The van der Waals surface area contributed by atoms with Crippen LogP contribution in [0.1, 0.15) is 13.8 Å². The van der Waals surface area contributed by atoms with E-state index < -0.39 is 6.29 Å². The molecule has 0 saturated heterocycles. The van der Waals surface area contributed by atoms with Crippen LogP contribution in [0.15, 0.2) is 24.3 Å². The molecule has 0 saturated carbocycles. The number of hydrogen-bond donors (Lipinski definition) is 4. The van der Waals surface area contributed by atoms with Gasteiger partial charge in [0.1, 0.15) is 12.0 Å². The summed E-state index contributed by atoms with van der Waals surface area (Å²) in [7, 11) is 0. The number of hydrogen-bond acceptors (Lipinski definition) is 5. The van der Waals surface area contributed by atoms with Gasteiger partial charge in [0.05, 0.1) is 6.10 Å². The van der Waals surface area contributed by atoms with E-state index in [1.165, 1.54) is 0 Å². The zero-order valence-electron chi connectivity index (χ0n) is 9.03. The van der Waals surface area contributed by atoms with Crippen molar-refractivity contribution in [2.75, 3.05) is 5.32 Å². The van der Waals surface area contributed by atoms with E-state index in [0.29, 0.717) is 0 Å². The summed E-state index contributed by atoms with van der Waals surface area (Å²) in [4.78, 5) is 0. The lowest BCUT2D eigenvalue weighted by Crippen LogP contribution is -2.47. The summed E-state index contributed by atoms with van der Waals surface area (Å²) in [5.41, 5.74) is 8.83. The van der Waals surface area contributed by atoms with Gasteiger partial charge in [0, 0.05) is 5.69 Å². The first kappa shape index (κ1) is 11.8. The minimum absolute atomic E-state index is 0.178. The fraction of sp³-hybridized carbons (Fsp3) is 0.400. The topological polar surface area (TPSA) is 85.3 Å². The van der Waals surface area contributed by atoms with Crippen LogP contribution in [-0.4, -0.2) is 12.4 Å². The Morgan fingerprint density at radius 2 is 1.80 bits per heavy atom. The van der Waals surface area contributed by atoms with Crippen molar-refractivity contribution in [2.24, 2.45) is 11.6 Å². The molecule has 0 radical (unpaired) electrons. The lowest BCUT2D eigenvalue weighted by molar-refractivity contribution is 0.242. The Morgan fingerprint density at radius 3 is 2.27 bits per heavy atom. The fourth-order valence-corrected chi connectivity index (χ4v) is 1.12. The van der Waals surface area contributed by atoms with Crippen molar-refractivity contribution in [2.45, 2.75) is 26.2 Å². The summed E-state index contributed by atoms with van der Waals surface area (Å²) < 4.78 is 5.50. The van der Waals surface area contributed by atoms with Gasteiger partial charge in [0.2, 0.25) is 0 Å². The molecular weight excluding hydrogens is 192 g/mol. The molecule has 1 aromatic carbocycles. The summed E-state index contributed by atoms with van der Waals surface area (Å²) in [6.45, 7) is 3.97. The van der Waals surface area contributed by atoms with Crippen molar-refractivity contribution in [1.29, 1.82) is 0 Å². The van der Waals surface area contributed by atoms with Crippen molar-refractivity contribution in [3.8, 4) is 5.75 Å². The van der Waals surface area contributed by atoms with Crippen molar-refractivity contribution in [3.05, 3.63) is 24.3 Å². The third kappa shape index (κ3) is 4.16. The Hall–Kier alpha value is -1.30. The summed E-state index contributed by atoms with van der Waals surface area (Å²) in [6, 6.07) is 7.53. The molecule has 1 atom stereocenters. The van der Waals surface area contributed by atoms with Crippen molar-refractivity contribution < 1.29 is 4.74 Å². The second kappa shape index (κ2) is 5.55. The van der Waals surface area contributed by atoms with Crippen molar-refractivity contribution in [1.82, 2.24) is 5.43 Å². The van der Waals surface area contributed by atoms with Crippen molar-refractivity contribution >= 4 is 5.69 Å². The van der Waals surface area contributed by atoms with Crippen LogP contribution in [0, 0.1) is 0 Å². The molecule has 0 bridgehead atoms. The highest BCUT2D eigenvalue weighted by atomic mass is 16.5. The molecule has 0 fully saturated rings. The van der Waals surface area contributed by atoms with Crippen LogP contribution in [-0.2, 0) is 0 Å². The van der Waals surface area contributed by atoms with E-state index in [2.05, 4.69) is 10.7 Å². The van der Waals surface area contributed by atoms with Gasteiger partial charge in [-0.05, 0) is 38.1 Å². The summed E-state index contributed by atoms with van der Waals surface area (Å²) in [6.07, 6.45) is -0.279.